The topological polar surface area (TPSA) is 102 Å². The lowest BCUT2D eigenvalue weighted by Crippen LogP contribution is -2.39. The standard InChI is InChI=1S/C32H24N2O5/c1-21-8-10-23(11-9-21)18-19-32(37,24-12-15-27(16-13-24)38-26-6-4-3-5-7-26)31(36)33-25-14-17-28-29(20-25)22(2)34-39-30(28)35/h3-17,20,37H,1-2H3,(H,33,36). The number of carbonyl (C=O) groups excluding carboxylic acids is 1. The molecular weight excluding hydrogens is 492 g/mol. The summed E-state index contributed by atoms with van der Waals surface area (Å²) in [5.41, 5.74) is 0.0548. The van der Waals surface area contributed by atoms with Crippen molar-refractivity contribution in [3.8, 4) is 23.3 Å². The lowest BCUT2D eigenvalue weighted by atomic mass is 9.92. The molecule has 2 N–H and O–H groups in total. The fourth-order valence-electron chi connectivity index (χ4n) is 3.98. The van der Waals surface area contributed by atoms with E-state index in [0.29, 0.717) is 39.2 Å². The first-order valence-corrected chi connectivity index (χ1v) is 12.2. The van der Waals surface area contributed by atoms with Crippen molar-refractivity contribution in [3.05, 3.63) is 130 Å². The van der Waals surface area contributed by atoms with Gasteiger partial charge in [0.2, 0.25) is 5.60 Å². The molecule has 7 nitrogen and oxygen atoms in total. The number of aryl methyl sites for hydroxylation is 2. The summed E-state index contributed by atoms with van der Waals surface area (Å²) < 4.78 is 10.6. The van der Waals surface area contributed by atoms with Crippen molar-refractivity contribution in [1.29, 1.82) is 0 Å². The molecular formula is C32H24N2O5. The van der Waals surface area contributed by atoms with Gasteiger partial charge in [0.05, 0.1) is 11.1 Å². The molecule has 5 aromatic rings. The maximum Gasteiger partial charge on any atom is 0.366 e. The summed E-state index contributed by atoms with van der Waals surface area (Å²) in [7, 11) is 0. The Kier molecular flexibility index (Phi) is 6.96. The zero-order chi connectivity index (χ0) is 27.4. The van der Waals surface area contributed by atoms with Crippen LogP contribution in [0.25, 0.3) is 10.8 Å². The van der Waals surface area contributed by atoms with E-state index in [1.165, 1.54) is 6.07 Å². The number of carbonyl (C=O) groups is 1. The third-order valence-electron chi connectivity index (χ3n) is 6.17. The smallest absolute Gasteiger partial charge is 0.366 e. The van der Waals surface area contributed by atoms with Crippen LogP contribution >= 0.6 is 0 Å². The predicted molar refractivity (Wildman–Crippen MR) is 149 cm³/mol. The Labute approximate surface area is 224 Å². The highest BCUT2D eigenvalue weighted by molar-refractivity contribution is 6.01. The van der Waals surface area contributed by atoms with E-state index in [4.69, 9.17) is 9.26 Å². The molecule has 39 heavy (non-hydrogen) atoms. The van der Waals surface area contributed by atoms with Crippen molar-refractivity contribution < 1.29 is 19.2 Å². The van der Waals surface area contributed by atoms with E-state index in [-0.39, 0.29) is 5.56 Å². The minimum atomic E-state index is -2.20. The van der Waals surface area contributed by atoms with E-state index in [2.05, 4.69) is 22.3 Å². The number of fused-ring (bicyclic) bond motifs is 1. The highest BCUT2D eigenvalue weighted by Crippen LogP contribution is 2.28. The highest BCUT2D eigenvalue weighted by atomic mass is 16.5. The zero-order valence-corrected chi connectivity index (χ0v) is 21.3. The molecule has 4 aromatic carbocycles. The Balaban J connectivity index is 1.50. The third-order valence-corrected chi connectivity index (χ3v) is 6.17. The van der Waals surface area contributed by atoms with Gasteiger partial charge < -0.3 is 19.7 Å². The van der Waals surface area contributed by atoms with Gasteiger partial charge in [0.15, 0.2) is 0 Å². The lowest BCUT2D eigenvalue weighted by molar-refractivity contribution is -0.129. The van der Waals surface area contributed by atoms with Crippen LogP contribution in [-0.4, -0.2) is 16.2 Å². The Morgan fingerprint density at radius 2 is 1.59 bits per heavy atom. The maximum absolute atomic E-state index is 13.6. The van der Waals surface area contributed by atoms with Crippen LogP contribution in [0.3, 0.4) is 0 Å². The molecule has 192 valence electrons. The molecule has 0 radical (unpaired) electrons. The monoisotopic (exact) mass is 516 g/mol. The number of nitrogens with one attached hydrogen (secondary N) is 1. The van der Waals surface area contributed by atoms with Crippen LogP contribution in [0.5, 0.6) is 11.5 Å². The summed E-state index contributed by atoms with van der Waals surface area (Å²) in [6.45, 7) is 3.66. The van der Waals surface area contributed by atoms with Crippen molar-refractivity contribution in [3.63, 3.8) is 0 Å². The average Bonchev–Trinajstić information content (AvgIpc) is 2.95. The van der Waals surface area contributed by atoms with Gasteiger partial charge in [0.1, 0.15) is 11.5 Å². The van der Waals surface area contributed by atoms with Gasteiger partial charge in [-0.25, -0.2) is 4.79 Å². The molecule has 0 spiro atoms. The molecule has 1 unspecified atom stereocenters. The number of amides is 1. The Hall–Kier alpha value is -5.19. The molecule has 0 aliphatic rings. The lowest BCUT2D eigenvalue weighted by Gasteiger charge is -2.22. The van der Waals surface area contributed by atoms with Crippen LogP contribution < -0.4 is 15.7 Å². The van der Waals surface area contributed by atoms with Gasteiger partial charge in [-0.1, -0.05) is 59.1 Å². The van der Waals surface area contributed by atoms with Gasteiger partial charge in [-0.3, -0.25) is 4.79 Å². The molecule has 5 rings (SSSR count). The number of rotatable bonds is 5. The first-order valence-electron chi connectivity index (χ1n) is 12.2. The summed E-state index contributed by atoms with van der Waals surface area (Å²) >= 11 is 0. The summed E-state index contributed by atoms with van der Waals surface area (Å²) in [6, 6.07) is 28.0. The van der Waals surface area contributed by atoms with E-state index >= 15 is 0 Å². The molecule has 7 heteroatoms. The van der Waals surface area contributed by atoms with Gasteiger partial charge in [-0.05, 0) is 74.4 Å². The Morgan fingerprint density at radius 3 is 2.31 bits per heavy atom. The van der Waals surface area contributed by atoms with Crippen LogP contribution in [0, 0.1) is 25.7 Å². The summed E-state index contributed by atoms with van der Waals surface area (Å²) in [4.78, 5) is 25.6. The van der Waals surface area contributed by atoms with Crippen LogP contribution in [0.1, 0.15) is 22.4 Å². The number of para-hydroxylation sites is 1. The molecule has 0 aliphatic carbocycles. The fraction of sp³-hybridized carbons (Fsp3) is 0.0938. The quantitative estimate of drug-likeness (QED) is 0.300. The number of aliphatic hydroxyl groups is 1. The number of hydrogen-bond acceptors (Lipinski definition) is 6. The third kappa shape index (κ3) is 5.57. The van der Waals surface area contributed by atoms with Crippen molar-refractivity contribution in [2.75, 3.05) is 5.32 Å². The van der Waals surface area contributed by atoms with E-state index < -0.39 is 17.1 Å². The van der Waals surface area contributed by atoms with Gasteiger partial charge in [0.25, 0.3) is 5.91 Å². The Bertz CT molecular complexity index is 1770. The predicted octanol–water partition coefficient (Wildman–Crippen LogP) is 5.48. The van der Waals surface area contributed by atoms with Gasteiger partial charge in [0, 0.05) is 22.2 Å². The van der Waals surface area contributed by atoms with Crippen molar-refractivity contribution in [2.45, 2.75) is 19.4 Å². The summed E-state index contributed by atoms with van der Waals surface area (Å²) in [5, 5.41) is 19.1. The second-order valence-electron chi connectivity index (χ2n) is 9.04. The molecule has 0 saturated carbocycles. The molecule has 1 heterocycles. The molecule has 0 bridgehead atoms. The molecule has 0 saturated heterocycles. The fourth-order valence-corrected chi connectivity index (χ4v) is 3.98. The van der Waals surface area contributed by atoms with Crippen molar-refractivity contribution in [1.82, 2.24) is 5.16 Å². The van der Waals surface area contributed by atoms with Crippen LogP contribution in [0.2, 0.25) is 0 Å². The van der Waals surface area contributed by atoms with Gasteiger partial charge in [-0.2, -0.15) is 0 Å². The van der Waals surface area contributed by atoms with Gasteiger partial charge >= 0.3 is 5.63 Å². The second kappa shape index (κ2) is 10.7. The first kappa shape index (κ1) is 25.5. The zero-order valence-electron chi connectivity index (χ0n) is 21.3. The molecule has 1 aromatic heterocycles. The van der Waals surface area contributed by atoms with E-state index in [9.17, 15) is 14.7 Å². The minimum absolute atomic E-state index is 0.263. The first-order chi connectivity index (χ1) is 18.8. The molecule has 0 fully saturated rings. The second-order valence-corrected chi connectivity index (χ2v) is 9.04. The summed E-state index contributed by atoms with van der Waals surface area (Å²) in [5.74, 6) is 6.13. The molecule has 1 atom stereocenters. The van der Waals surface area contributed by atoms with E-state index in [1.807, 2.05) is 61.5 Å². The van der Waals surface area contributed by atoms with Crippen molar-refractivity contribution >= 4 is 22.4 Å². The number of anilines is 1. The normalized spacial score (nSPS) is 12.2. The van der Waals surface area contributed by atoms with Crippen molar-refractivity contribution in [2.24, 2.45) is 0 Å². The molecule has 0 aliphatic heterocycles. The highest BCUT2D eigenvalue weighted by Gasteiger charge is 2.36. The minimum Gasteiger partial charge on any atom is -0.457 e. The van der Waals surface area contributed by atoms with Gasteiger partial charge in [-0.15, -0.1) is 0 Å². The SMILES string of the molecule is Cc1ccc(C#CC(O)(C(=O)Nc2ccc3c(=O)onc(C)c3c2)c2ccc(Oc3ccccc3)cc2)cc1. The maximum atomic E-state index is 13.6. The number of nitrogens with zero attached hydrogens (tertiary/aromatic N) is 1. The van der Waals surface area contributed by atoms with Crippen LogP contribution in [0.4, 0.5) is 5.69 Å². The summed E-state index contributed by atoms with van der Waals surface area (Å²) in [6.07, 6.45) is 0. The molecule has 1 amide bonds. The largest absolute Gasteiger partial charge is 0.457 e. The van der Waals surface area contributed by atoms with Crippen LogP contribution in [-0.2, 0) is 10.4 Å². The number of ether oxygens (including phenoxy) is 1. The number of hydrogen-bond donors (Lipinski definition) is 2. The van der Waals surface area contributed by atoms with Crippen LogP contribution in [0.15, 0.2) is 106 Å². The Morgan fingerprint density at radius 1 is 0.897 bits per heavy atom. The van der Waals surface area contributed by atoms with E-state index in [1.54, 1.807) is 43.3 Å². The number of aromatic nitrogens is 1. The average molecular weight is 517 g/mol. The van der Waals surface area contributed by atoms with E-state index in [0.717, 1.165) is 5.56 Å². The number of benzene rings is 4.